The molecule has 8 nitrogen and oxygen atoms in total. The van der Waals surface area contributed by atoms with Crippen molar-refractivity contribution < 1.29 is 37.3 Å². The number of esters is 1. The minimum absolute atomic E-state index is 0.0283. The third kappa shape index (κ3) is 46.2. The van der Waals surface area contributed by atoms with Crippen molar-refractivity contribution in [3.05, 3.63) is 12.2 Å². The second kappa shape index (κ2) is 42.0. The molecular weight excluding hydrogens is 734 g/mol. The van der Waals surface area contributed by atoms with E-state index in [4.69, 9.17) is 18.5 Å². The average molecular weight is 830 g/mol. The highest BCUT2D eigenvalue weighted by Crippen LogP contribution is 2.38. The molecule has 2 unspecified atom stereocenters. The predicted octanol–water partition coefficient (Wildman–Crippen LogP) is 14.0. The Kier molecular flexibility index (Phi) is 41.4. The van der Waals surface area contributed by atoms with Crippen LogP contribution < -0.4 is 4.89 Å². The van der Waals surface area contributed by atoms with E-state index in [9.17, 15) is 14.3 Å². The summed E-state index contributed by atoms with van der Waals surface area (Å²) in [7, 11) is 1.37. The molecule has 0 heterocycles. The fourth-order valence-electron chi connectivity index (χ4n) is 7.01. The molecule has 0 aromatic rings. The number of carbonyl (C=O) groups excluding carboxylic acids is 1. The van der Waals surface area contributed by atoms with Crippen LogP contribution in [0.25, 0.3) is 0 Å². The van der Waals surface area contributed by atoms with E-state index in [1.54, 1.807) is 0 Å². The summed E-state index contributed by atoms with van der Waals surface area (Å²) in [5.74, 6) is -0.330. The average Bonchev–Trinajstić information content (AvgIpc) is 3.16. The Labute approximate surface area is 354 Å². The standard InChI is InChI=1S/C48H96NO7P/c1-6-8-10-12-14-16-18-20-22-23-24-25-26-27-29-31-33-35-37-39-41-48(50)56-47(46-55-57(51,52)54-44-42-49(3,4)5)45-53-43-40-38-36-34-32-30-28-21-19-17-15-13-11-9-7-2/h19,21,47H,6-18,20,22-46H2,1-5H3/b21-19-. The van der Waals surface area contributed by atoms with Crippen molar-refractivity contribution >= 4 is 13.8 Å². The highest BCUT2D eigenvalue weighted by molar-refractivity contribution is 7.45. The van der Waals surface area contributed by atoms with Crippen LogP contribution in [0, 0.1) is 0 Å². The van der Waals surface area contributed by atoms with Crippen LogP contribution in [0.1, 0.15) is 232 Å². The zero-order chi connectivity index (χ0) is 42.0. The molecule has 0 aliphatic carbocycles. The van der Waals surface area contributed by atoms with E-state index in [-0.39, 0.29) is 25.8 Å². The van der Waals surface area contributed by atoms with Crippen LogP contribution in [0.5, 0.6) is 0 Å². The number of nitrogens with zero attached hydrogens (tertiary/aromatic N) is 1. The van der Waals surface area contributed by atoms with Gasteiger partial charge in [-0.1, -0.05) is 199 Å². The molecule has 0 saturated carbocycles. The second-order valence-electron chi connectivity index (χ2n) is 17.8. The Bertz CT molecular complexity index is 925. The third-order valence-electron chi connectivity index (χ3n) is 10.8. The van der Waals surface area contributed by atoms with Crippen LogP contribution in [-0.2, 0) is 27.9 Å². The summed E-state index contributed by atoms with van der Waals surface area (Å²) in [6.07, 6.45) is 46.5. The minimum Gasteiger partial charge on any atom is -0.756 e. The third-order valence-corrected chi connectivity index (χ3v) is 11.8. The van der Waals surface area contributed by atoms with Gasteiger partial charge in [-0.3, -0.25) is 9.36 Å². The molecule has 340 valence electrons. The smallest absolute Gasteiger partial charge is 0.306 e. The maximum atomic E-state index is 12.7. The fraction of sp³-hybridized carbons (Fsp3) is 0.938. The number of hydrogen-bond acceptors (Lipinski definition) is 7. The fourth-order valence-corrected chi connectivity index (χ4v) is 7.74. The molecule has 0 aliphatic rings. The first-order valence-electron chi connectivity index (χ1n) is 24.4. The number of rotatable bonds is 46. The van der Waals surface area contributed by atoms with Crippen molar-refractivity contribution in [2.24, 2.45) is 0 Å². The summed E-state index contributed by atoms with van der Waals surface area (Å²) < 4.78 is 34.7. The summed E-state index contributed by atoms with van der Waals surface area (Å²) in [6, 6.07) is 0. The normalized spacial score (nSPS) is 13.7. The largest absolute Gasteiger partial charge is 0.756 e. The first-order valence-corrected chi connectivity index (χ1v) is 25.9. The minimum atomic E-state index is -4.52. The highest BCUT2D eigenvalue weighted by atomic mass is 31.2. The van der Waals surface area contributed by atoms with E-state index >= 15 is 0 Å². The lowest BCUT2D eigenvalue weighted by molar-refractivity contribution is -0.870. The monoisotopic (exact) mass is 830 g/mol. The van der Waals surface area contributed by atoms with Gasteiger partial charge in [-0.15, -0.1) is 0 Å². The van der Waals surface area contributed by atoms with Crippen molar-refractivity contribution in [3.63, 3.8) is 0 Å². The SMILES string of the molecule is CCCCCCC/C=C\CCCCCCCCOCC(COP(=O)([O-])OCC[N+](C)(C)C)OC(=O)CCCCCCCCCCCCCCCCCCCCCC. The number of phosphoric acid groups is 1. The molecule has 0 bridgehead atoms. The summed E-state index contributed by atoms with van der Waals surface area (Å²) in [6.45, 7) is 5.44. The Morgan fingerprint density at radius 2 is 0.912 bits per heavy atom. The molecule has 0 aliphatic heterocycles. The van der Waals surface area contributed by atoms with Crippen LogP contribution in [0.4, 0.5) is 0 Å². The lowest BCUT2D eigenvalue weighted by Crippen LogP contribution is -2.37. The van der Waals surface area contributed by atoms with E-state index in [1.807, 2.05) is 21.1 Å². The topological polar surface area (TPSA) is 94.1 Å². The quantitative estimate of drug-likeness (QED) is 0.0198. The molecule has 57 heavy (non-hydrogen) atoms. The number of carbonyl (C=O) groups is 1. The van der Waals surface area contributed by atoms with Gasteiger partial charge in [0.05, 0.1) is 34.4 Å². The summed E-state index contributed by atoms with van der Waals surface area (Å²) in [4.78, 5) is 25.1. The molecular formula is C48H96NO7P. The van der Waals surface area contributed by atoms with Gasteiger partial charge in [-0.05, 0) is 38.5 Å². The number of allylic oxidation sites excluding steroid dienone is 2. The second-order valence-corrected chi connectivity index (χ2v) is 19.2. The number of hydrogen-bond donors (Lipinski definition) is 0. The first-order chi connectivity index (χ1) is 27.6. The van der Waals surface area contributed by atoms with Gasteiger partial charge in [0.15, 0.2) is 0 Å². The number of ether oxygens (including phenoxy) is 2. The Hall–Kier alpha value is -0.760. The molecule has 0 amide bonds. The van der Waals surface area contributed by atoms with Gasteiger partial charge in [0.2, 0.25) is 0 Å². The van der Waals surface area contributed by atoms with E-state index in [0.29, 0.717) is 24.1 Å². The maximum absolute atomic E-state index is 12.7. The molecule has 0 rings (SSSR count). The Morgan fingerprint density at radius 1 is 0.526 bits per heavy atom. The molecule has 0 N–H and O–H groups in total. The van der Waals surface area contributed by atoms with Crippen LogP contribution in [0.15, 0.2) is 12.2 Å². The number of likely N-dealkylation sites (N-methyl/N-ethyl adjacent to an activating group) is 1. The Balaban J connectivity index is 4.13. The van der Waals surface area contributed by atoms with Gasteiger partial charge in [0.1, 0.15) is 19.3 Å². The lowest BCUT2D eigenvalue weighted by Gasteiger charge is -2.28. The van der Waals surface area contributed by atoms with Gasteiger partial charge < -0.3 is 27.9 Å². The zero-order valence-electron chi connectivity index (χ0n) is 38.6. The lowest BCUT2D eigenvalue weighted by atomic mass is 10.0. The van der Waals surface area contributed by atoms with Gasteiger partial charge in [-0.2, -0.15) is 0 Å². The first kappa shape index (κ1) is 56.2. The number of quaternary nitrogens is 1. The molecule has 0 spiro atoms. The van der Waals surface area contributed by atoms with E-state index in [1.165, 1.54) is 180 Å². The zero-order valence-corrected chi connectivity index (χ0v) is 39.5. The molecule has 0 aromatic carbocycles. The number of unbranched alkanes of at least 4 members (excludes halogenated alkanes) is 30. The summed E-state index contributed by atoms with van der Waals surface area (Å²) >= 11 is 0. The van der Waals surface area contributed by atoms with E-state index < -0.39 is 13.9 Å². The van der Waals surface area contributed by atoms with Crippen molar-refractivity contribution in [1.29, 1.82) is 0 Å². The van der Waals surface area contributed by atoms with Crippen molar-refractivity contribution in [1.82, 2.24) is 0 Å². The van der Waals surface area contributed by atoms with Crippen molar-refractivity contribution in [2.45, 2.75) is 238 Å². The maximum Gasteiger partial charge on any atom is 0.306 e. The van der Waals surface area contributed by atoms with Gasteiger partial charge >= 0.3 is 5.97 Å². The van der Waals surface area contributed by atoms with Crippen molar-refractivity contribution in [3.8, 4) is 0 Å². The van der Waals surface area contributed by atoms with Gasteiger partial charge in [-0.25, -0.2) is 0 Å². The van der Waals surface area contributed by atoms with Crippen LogP contribution in [0.2, 0.25) is 0 Å². The summed E-state index contributed by atoms with van der Waals surface area (Å²) in [5.41, 5.74) is 0. The van der Waals surface area contributed by atoms with E-state index in [0.717, 1.165) is 32.1 Å². The highest BCUT2D eigenvalue weighted by Gasteiger charge is 2.20. The predicted molar refractivity (Wildman–Crippen MR) is 241 cm³/mol. The van der Waals surface area contributed by atoms with Crippen LogP contribution >= 0.6 is 7.82 Å². The molecule has 0 saturated heterocycles. The van der Waals surface area contributed by atoms with Crippen molar-refractivity contribution in [2.75, 3.05) is 54.1 Å². The van der Waals surface area contributed by atoms with Gasteiger partial charge in [0, 0.05) is 13.0 Å². The summed E-state index contributed by atoms with van der Waals surface area (Å²) in [5, 5.41) is 0. The molecule has 0 fully saturated rings. The molecule has 2 atom stereocenters. The molecule has 0 radical (unpaired) electrons. The van der Waals surface area contributed by atoms with Crippen LogP contribution in [-0.4, -0.2) is 70.7 Å². The van der Waals surface area contributed by atoms with Gasteiger partial charge in [0.25, 0.3) is 7.82 Å². The molecule has 9 heteroatoms. The van der Waals surface area contributed by atoms with Crippen LogP contribution in [0.3, 0.4) is 0 Å². The molecule has 0 aromatic heterocycles. The van der Waals surface area contributed by atoms with E-state index in [2.05, 4.69) is 26.0 Å². The number of phosphoric ester groups is 1. The Morgan fingerprint density at radius 3 is 1.33 bits per heavy atom.